The molecule has 0 aromatic rings. The molecule has 6 heteroatoms. The highest BCUT2D eigenvalue weighted by molar-refractivity contribution is 7.80. The Balaban J connectivity index is 2.23. The second-order valence-corrected chi connectivity index (χ2v) is 3.78. The van der Waals surface area contributed by atoms with Crippen LogP contribution in [0, 0.1) is 0 Å². The molecule has 2 rings (SSSR count). The van der Waals surface area contributed by atoms with Crippen molar-refractivity contribution in [3.05, 3.63) is 0 Å². The van der Waals surface area contributed by atoms with Gasteiger partial charge in [0.1, 0.15) is 13.4 Å². The van der Waals surface area contributed by atoms with Crippen LogP contribution in [-0.2, 0) is 9.47 Å². The lowest BCUT2D eigenvalue weighted by molar-refractivity contribution is -0.102. The lowest BCUT2D eigenvalue weighted by Crippen LogP contribution is -2.52. The average Bonchev–Trinajstić information content (AvgIpc) is 2.56. The van der Waals surface area contributed by atoms with Crippen molar-refractivity contribution in [2.75, 3.05) is 12.4 Å². The van der Waals surface area contributed by atoms with Crippen molar-refractivity contribution < 1.29 is 9.47 Å². The molecule has 0 spiro atoms. The zero-order valence-electron chi connectivity index (χ0n) is 6.99. The van der Waals surface area contributed by atoms with Crippen molar-refractivity contribution in [3.63, 3.8) is 0 Å². The minimum atomic E-state index is -0.304. The van der Waals surface area contributed by atoms with Crippen LogP contribution in [-0.4, -0.2) is 44.0 Å². The number of ether oxygens (including phenoxy) is 2. The quantitative estimate of drug-likeness (QED) is 0.200. The highest BCUT2D eigenvalue weighted by Crippen LogP contribution is 2.39. The topological polar surface area (TPSA) is 56.5 Å². The first-order valence-corrected chi connectivity index (χ1v) is 4.73. The zero-order chi connectivity index (χ0) is 8.77. The molecule has 2 heterocycles. The number of hydrogen-bond donors (Lipinski definition) is 3. The number of nitrogens with two attached hydrogens (primary N) is 1. The van der Waals surface area contributed by atoms with E-state index in [-0.39, 0.29) is 23.8 Å². The van der Waals surface area contributed by atoms with Crippen molar-refractivity contribution in [1.82, 2.24) is 5.43 Å². The second kappa shape index (κ2) is 2.89. The number of fused-ring (bicyclic) bond motifs is 2. The Bertz CT molecular complexity index is 196. The fourth-order valence-corrected chi connectivity index (χ4v) is 2.46. The van der Waals surface area contributed by atoms with Gasteiger partial charge in [-0.2, -0.15) is 12.6 Å². The minimum Gasteiger partial charge on any atom is -0.373 e. The van der Waals surface area contributed by atoms with Crippen molar-refractivity contribution in [2.45, 2.75) is 23.8 Å². The molecule has 2 bridgehead atoms. The van der Waals surface area contributed by atoms with Crippen molar-refractivity contribution >= 4 is 20.5 Å². The number of nitrogens with one attached hydrogen (secondary N) is 1. The molecule has 0 saturated carbocycles. The molecule has 2 fully saturated rings. The molecule has 4 atom stereocenters. The molecule has 2 aliphatic heterocycles. The molecular weight excluding hydrogens is 175 g/mol. The van der Waals surface area contributed by atoms with Crippen LogP contribution in [0.1, 0.15) is 0 Å². The summed E-state index contributed by atoms with van der Waals surface area (Å²) in [6, 6.07) is 0.206. The molecule has 0 radical (unpaired) electrons. The van der Waals surface area contributed by atoms with E-state index in [2.05, 4.69) is 18.1 Å². The standard InChI is InChI=1S/C6H13BN2O2S/c7-5-3-4(9-8)6(2-12,11-5)1-10-3/h3-5,9,12H,1-2,7-8H2/t3?,4?,5-,6-/m1/s1. The molecule has 2 unspecified atom stereocenters. The van der Waals surface area contributed by atoms with Gasteiger partial charge in [0.2, 0.25) is 0 Å². The Morgan fingerprint density at radius 2 is 2.50 bits per heavy atom. The van der Waals surface area contributed by atoms with Gasteiger partial charge in [-0.25, -0.2) is 0 Å². The SMILES string of the molecule is B[C@@H]1O[C@@]2(CS)COC1C2NN. The van der Waals surface area contributed by atoms with E-state index >= 15 is 0 Å². The lowest BCUT2D eigenvalue weighted by atomic mass is 9.91. The van der Waals surface area contributed by atoms with Gasteiger partial charge in [-0.15, -0.1) is 0 Å². The van der Waals surface area contributed by atoms with E-state index < -0.39 is 0 Å². The van der Waals surface area contributed by atoms with Gasteiger partial charge in [0.15, 0.2) is 0 Å². The van der Waals surface area contributed by atoms with Crippen molar-refractivity contribution in [2.24, 2.45) is 5.84 Å². The number of hydrogen-bond acceptors (Lipinski definition) is 5. The van der Waals surface area contributed by atoms with E-state index in [4.69, 9.17) is 15.3 Å². The third-order valence-corrected chi connectivity index (χ3v) is 3.28. The first-order chi connectivity index (χ1) is 5.73. The maximum atomic E-state index is 5.76. The Hall–Kier alpha value is 0.255. The van der Waals surface area contributed by atoms with E-state index in [1.807, 2.05) is 7.85 Å². The van der Waals surface area contributed by atoms with Crippen LogP contribution in [0.4, 0.5) is 0 Å². The minimum absolute atomic E-state index is 0.0853. The third-order valence-electron chi connectivity index (χ3n) is 2.75. The van der Waals surface area contributed by atoms with E-state index in [0.29, 0.717) is 12.4 Å². The summed E-state index contributed by atoms with van der Waals surface area (Å²) >= 11 is 4.26. The van der Waals surface area contributed by atoms with Crippen LogP contribution < -0.4 is 11.3 Å². The van der Waals surface area contributed by atoms with Gasteiger partial charge < -0.3 is 9.47 Å². The Labute approximate surface area is 77.9 Å². The molecule has 2 aliphatic rings. The smallest absolute Gasteiger partial charge is 0.142 e. The van der Waals surface area contributed by atoms with Gasteiger partial charge in [0.05, 0.1) is 24.8 Å². The maximum Gasteiger partial charge on any atom is 0.142 e. The van der Waals surface area contributed by atoms with E-state index in [1.165, 1.54) is 0 Å². The molecule has 0 aromatic carbocycles. The molecule has 12 heavy (non-hydrogen) atoms. The average molecular weight is 188 g/mol. The highest BCUT2D eigenvalue weighted by Gasteiger charge is 2.58. The van der Waals surface area contributed by atoms with Crippen LogP contribution in [0.25, 0.3) is 0 Å². The lowest BCUT2D eigenvalue weighted by Gasteiger charge is -2.28. The first kappa shape index (κ1) is 8.84. The summed E-state index contributed by atoms with van der Waals surface area (Å²) in [5.74, 6) is 6.08. The van der Waals surface area contributed by atoms with Crippen molar-refractivity contribution in [3.8, 4) is 0 Å². The van der Waals surface area contributed by atoms with Crippen LogP contribution in [0.5, 0.6) is 0 Å². The van der Waals surface area contributed by atoms with Crippen LogP contribution in [0.15, 0.2) is 0 Å². The van der Waals surface area contributed by atoms with E-state index in [0.717, 1.165) is 0 Å². The predicted molar refractivity (Wildman–Crippen MR) is 50.9 cm³/mol. The zero-order valence-corrected chi connectivity index (χ0v) is 7.88. The monoisotopic (exact) mass is 188 g/mol. The molecule has 0 aliphatic carbocycles. The van der Waals surface area contributed by atoms with Gasteiger partial charge >= 0.3 is 0 Å². The Morgan fingerprint density at radius 1 is 1.75 bits per heavy atom. The first-order valence-electron chi connectivity index (χ1n) is 4.10. The fraction of sp³-hybridized carbons (Fsp3) is 1.00. The van der Waals surface area contributed by atoms with Crippen LogP contribution in [0.2, 0.25) is 0 Å². The molecule has 0 aromatic heterocycles. The van der Waals surface area contributed by atoms with Gasteiger partial charge in [0.25, 0.3) is 0 Å². The summed E-state index contributed by atoms with van der Waals surface area (Å²) in [6.45, 7) is 0.598. The maximum absolute atomic E-state index is 5.76. The number of hydrazine groups is 1. The van der Waals surface area contributed by atoms with Gasteiger partial charge in [-0.1, -0.05) is 0 Å². The third kappa shape index (κ3) is 0.960. The summed E-state index contributed by atoms with van der Waals surface area (Å²) < 4.78 is 11.3. The summed E-state index contributed by atoms with van der Waals surface area (Å²) in [7, 11) is 2.00. The second-order valence-electron chi connectivity index (χ2n) is 3.47. The number of rotatable bonds is 2. The molecule has 4 nitrogen and oxygen atoms in total. The summed E-state index contributed by atoms with van der Waals surface area (Å²) in [6.07, 6.45) is 0.0853. The van der Waals surface area contributed by atoms with Crippen LogP contribution >= 0.6 is 12.6 Å². The van der Waals surface area contributed by atoms with E-state index in [1.54, 1.807) is 0 Å². The fourth-order valence-electron chi connectivity index (χ4n) is 2.10. The van der Waals surface area contributed by atoms with E-state index in [9.17, 15) is 0 Å². The van der Waals surface area contributed by atoms with Gasteiger partial charge in [0, 0.05) is 5.75 Å². The van der Waals surface area contributed by atoms with Crippen LogP contribution in [0.3, 0.4) is 0 Å². The van der Waals surface area contributed by atoms with Gasteiger partial charge in [-0.05, 0) is 0 Å². The summed E-state index contributed by atoms with van der Waals surface area (Å²) in [4.78, 5) is 0. The molecule has 2 saturated heterocycles. The van der Waals surface area contributed by atoms with Gasteiger partial charge in [-0.3, -0.25) is 11.3 Å². The molecule has 0 amide bonds. The molecule has 3 N–H and O–H groups in total. The molecule has 68 valence electrons. The summed E-state index contributed by atoms with van der Waals surface area (Å²) in [5.41, 5.74) is 2.45. The Kier molecular flexibility index (Phi) is 2.12. The number of thiol groups is 1. The van der Waals surface area contributed by atoms with Crippen molar-refractivity contribution in [1.29, 1.82) is 0 Å². The summed E-state index contributed by atoms with van der Waals surface area (Å²) in [5, 5.41) is 0. The predicted octanol–water partition coefficient (Wildman–Crippen LogP) is -2.12. The molecular formula is C6H13BN2O2S. The largest absolute Gasteiger partial charge is 0.373 e. The Morgan fingerprint density at radius 3 is 2.92 bits per heavy atom. The normalized spacial score (nSPS) is 51.7. The highest BCUT2D eigenvalue weighted by atomic mass is 32.1.